The van der Waals surface area contributed by atoms with Crippen LogP contribution in [0.1, 0.15) is 44.0 Å². The highest BCUT2D eigenvalue weighted by atomic mass is 32.1. The van der Waals surface area contributed by atoms with Crippen LogP contribution < -0.4 is 15.0 Å². The molecule has 3 rings (SSSR count). The van der Waals surface area contributed by atoms with Crippen LogP contribution in [0.15, 0.2) is 29.6 Å². The van der Waals surface area contributed by atoms with Gasteiger partial charge < -0.3 is 10.1 Å². The number of thiazole rings is 1. The number of carbonyl (C=O) groups excluding carboxylic acids is 2. The third kappa shape index (κ3) is 5.37. The highest BCUT2D eigenvalue weighted by molar-refractivity contribution is 7.14. The third-order valence-electron chi connectivity index (χ3n) is 5.41. The summed E-state index contributed by atoms with van der Waals surface area (Å²) in [5.41, 5.74) is 1.81. The summed E-state index contributed by atoms with van der Waals surface area (Å²) in [4.78, 5) is 33.0. The standard InChI is InChI=1S/C22H30N4O3S/c1-4-25(5-2)19(16-8-6-9-18(12-16)29-3)14-23-20(27)13-17-15-30-22(24-17)26-11-7-10-21(26)28/h6,8-9,12,15,19H,4-5,7,10-11,13-14H2,1-3H3,(H,23,27). The maximum absolute atomic E-state index is 12.6. The molecular formula is C22H30N4O3S. The molecule has 1 fully saturated rings. The van der Waals surface area contributed by atoms with Crippen molar-refractivity contribution in [1.29, 1.82) is 0 Å². The minimum absolute atomic E-state index is 0.0623. The molecule has 2 aromatic rings. The lowest BCUT2D eigenvalue weighted by molar-refractivity contribution is -0.120. The second-order valence-corrected chi connectivity index (χ2v) is 8.10. The van der Waals surface area contributed by atoms with Crippen LogP contribution in [0.3, 0.4) is 0 Å². The number of carbonyl (C=O) groups is 2. The molecule has 1 aliphatic rings. The Morgan fingerprint density at radius 3 is 2.83 bits per heavy atom. The summed E-state index contributed by atoms with van der Waals surface area (Å²) in [6, 6.07) is 8.05. The number of hydrogen-bond donors (Lipinski definition) is 1. The lowest BCUT2D eigenvalue weighted by atomic mass is 10.0. The van der Waals surface area contributed by atoms with Crippen molar-refractivity contribution in [3.8, 4) is 5.75 Å². The number of likely N-dealkylation sites (N-methyl/N-ethyl adjacent to an activating group) is 1. The van der Waals surface area contributed by atoms with Gasteiger partial charge in [0.15, 0.2) is 5.13 Å². The average Bonchev–Trinajstić information content (AvgIpc) is 3.39. The van der Waals surface area contributed by atoms with Crippen LogP contribution in [-0.2, 0) is 16.0 Å². The zero-order chi connectivity index (χ0) is 21.5. The third-order valence-corrected chi connectivity index (χ3v) is 6.32. The van der Waals surface area contributed by atoms with E-state index in [1.807, 2.05) is 23.6 Å². The Balaban J connectivity index is 1.62. The number of aromatic nitrogens is 1. The van der Waals surface area contributed by atoms with Crippen LogP contribution in [0.2, 0.25) is 0 Å². The Morgan fingerprint density at radius 2 is 2.17 bits per heavy atom. The fourth-order valence-electron chi connectivity index (χ4n) is 3.76. The number of amides is 2. The largest absolute Gasteiger partial charge is 0.497 e. The molecule has 1 atom stereocenters. The molecule has 1 aromatic heterocycles. The molecule has 0 radical (unpaired) electrons. The predicted octanol–water partition coefficient (Wildman–Crippen LogP) is 3.02. The Morgan fingerprint density at radius 1 is 1.37 bits per heavy atom. The number of rotatable bonds is 10. The van der Waals surface area contributed by atoms with E-state index in [-0.39, 0.29) is 24.3 Å². The van der Waals surface area contributed by atoms with Gasteiger partial charge in [-0.2, -0.15) is 0 Å². The summed E-state index contributed by atoms with van der Waals surface area (Å²) in [7, 11) is 1.66. The highest BCUT2D eigenvalue weighted by Gasteiger charge is 2.25. The molecule has 1 aromatic carbocycles. The summed E-state index contributed by atoms with van der Waals surface area (Å²) >= 11 is 1.42. The summed E-state index contributed by atoms with van der Waals surface area (Å²) in [5, 5.41) is 5.62. The molecule has 0 bridgehead atoms. The molecule has 7 nitrogen and oxygen atoms in total. The molecule has 0 spiro atoms. The van der Waals surface area contributed by atoms with Gasteiger partial charge in [-0.3, -0.25) is 19.4 Å². The monoisotopic (exact) mass is 430 g/mol. The van der Waals surface area contributed by atoms with Gasteiger partial charge in [-0.05, 0) is 37.2 Å². The number of nitrogens with zero attached hydrogens (tertiary/aromatic N) is 3. The summed E-state index contributed by atoms with van der Waals surface area (Å²) in [6.07, 6.45) is 1.65. The Labute approximate surface area is 182 Å². The minimum atomic E-state index is -0.0698. The van der Waals surface area contributed by atoms with Crippen molar-refractivity contribution in [3.05, 3.63) is 40.9 Å². The van der Waals surface area contributed by atoms with Crippen molar-refractivity contribution < 1.29 is 14.3 Å². The van der Waals surface area contributed by atoms with Gasteiger partial charge in [0.2, 0.25) is 11.8 Å². The SMILES string of the molecule is CCN(CC)C(CNC(=O)Cc1csc(N2CCCC2=O)n1)c1cccc(OC)c1. The number of benzene rings is 1. The number of hydrogen-bond acceptors (Lipinski definition) is 6. The average molecular weight is 431 g/mol. The van der Waals surface area contributed by atoms with E-state index in [0.717, 1.165) is 30.8 Å². The van der Waals surface area contributed by atoms with Gasteiger partial charge in [0.05, 0.1) is 25.3 Å². The van der Waals surface area contributed by atoms with Gasteiger partial charge in [-0.15, -0.1) is 11.3 Å². The first-order valence-corrected chi connectivity index (χ1v) is 11.3. The molecule has 8 heteroatoms. The Kier molecular flexibility index (Phi) is 7.81. The highest BCUT2D eigenvalue weighted by Crippen LogP contribution is 2.26. The second kappa shape index (κ2) is 10.5. The molecule has 0 aliphatic carbocycles. The van der Waals surface area contributed by atoms with Crippen LogP contribution in [0, 0.1) is 0 Å². The first kappa shape index (κ1) is 22.2. The Bertz CT molecular complexity index is 866. The van der Waals surface area contributed by atoms with Crippen LogP contribution in [0.5, 0.6) is 5.75 Å². The lowest BCUT2D eigenvalue weighted by Crippen LogP contribution is -2.38. The van der Waals surface area contributed by atoms with Crippen LogP contribution in [0.4, 0.5) is 5.13 Å². The normalized spacial score (nSPS) is 14.9. The summed E-state index contributed by atoms with van der Waals surface area (Å²) in [5.74, 6) is 0.850. The molecule has 1 saturated heterocycles. The first-order valence-electron chi connectivity index (χ1n) is 10.4. The maximum Gasteiger partial charge on any atom is 0.228 e. The van der Waals surface area contributed by atoms with Gasteiger partial charge in [-0.25, -0.2) is 4.98 Å². The number of ether oxygens (including phenoxy) is 1. The topological polar surface area (TPSA) is 74.8 Å². The van der Waals surface area contributed by atoms with Crippen molar-refractivity contribution >= 4 is 28.3 Å². The zero-order valence-electron chi connectivity index (χ0n) is 17.9. The molecular weight excluding hydrogens is 400 g/mol. The number of nitrogens with one attached hydrogen (secondary N) is 1. The molecule has 2 amide bonds. The van der Waals surface area contributed by atoms with Crippen molar-refractivity contribution in [2.75, 3.05) is 38.2 Å². The number of anilines is 1. The van der Waals surface area contributed by atoms with Crippen LogP contribution in [-0.4, -0.2) is 55.0 Å². The quantitative estimate of drug-likeness (QED) is 0.627. The molecule has 1 N–H and O–H groups in total. The molecule has 0 saturated carbocycles. The van der Waals surface area contributed by atoms with Crippen molar-refractivity contribution in [1.82, 2.24) is 15.2 Å². The van der Waals surface area contributed by atoms with E-state index in [1.54, 1.807) is 12.0 Å². The summed E-state index contributed by atoms with van der Waals surface area (Å²) < 4.78 is 5.37. The minimum Gasteiger partial charge on any atom is -0.497 e. The van der Waals surface area contributed by atoms with Gasteiger partial charge in [0.1, 0.15) is 5.75 Å². The molecule has 162 valence electrons. The predicted molar refractivity (Wildman–Crippen MR) is 119 cm³/mol. The fraction of sp³-hybridized carbons (Fsp3) is 0.500. The van der Waals surface area contributed by atoms with Gasteiger partial charge in [0, 0.05) is 24.9 Å². The van der Waals surface area contributed by atoms with E-state index in [0.29, 0.717) is 30.3 Å². The van der Waals surface area contributed by atoms with E-state index < -0.39 is 0 Å². The lowest BCUT2D eigenvalue weighted by Gasteiger charge is -2.30. The molecule has 1 aliphatic heterocycles. The van der Waals surface area contributed by atoms with Gasteiger partial charge in [-0.1, -0.05) is 26.0 Å². The second-order valence-electron chi connectivity index (χ2n) is 7.26. The first-order chi connectivity index (χ1) is 14.5. The smallest absolute Gasteiger partial charge is 0.228 e. The van der Waals surface area contributed by atoms with Gasteiger partial charge in [0.25, 0.3) is 0 Å². The zero-order valence-corrected chi connectivity index (χ0v) is 18.7. The van der Waals surface area contributed by atoms with Crippen molar-refractivity contribution in [2.45, 2.75) is 39.2 Å². The molecule has 30 heavy (non-hydrogen) atoms. The fourth-order valence-corrected chi connectivity index (χ4v) is 4.63. The van der Waals surface area contributed by atoms with Crippen LogP contribution in [0.25, 0.3) is 0 Å². The van der Waals surface area contributed by atoms with Crippen molar-refractivity contribution in [3.63, 3.8) is 0 Å². The van der Waals surface area contributed by atoms with E-state index in [9.17, 15) is 9.59 Å². The van der Waals surface area contributed by atoms with E-state index in [1.165, 1.54) is 11.3 Å². The van der Waals surface area contributed by atoms with E-state index in [2.05, 4.69) is 35.1 Å². The van der Waals surface area contributed by atoms with E-state index in [4.69, 9.17) is 4.74 Å². The number of methoxy groups -OCH3 is 1. The Hall–Kier alpha value is -2.45. The van der Waals surface area contributed by atoms with E-state index >= 15 is 0 Å². The molecule has 1 unspecified atom stereocenters. The summed E-state index contributed by atoms with van der Waals surface area (Å²) in [6.45, 7) is 7.23. The molecule has 2 heterocycles. The van der Waals surface area contributed by atoms with Gasteiger partial charge >= 0.3 is 0 Å². The van der Waals surface area contributed by atoms with Crippen molar-refractivity contribution in [2.24, 2.45) is 0 Å². The van der Waals surface area contributed by atoms with Crippen LogP contribution >= 0.6 is 11.3 Å². The maximum atomic E-state index is 12.6.